The Bertz CT molecular complexity index is 1170. The SMILES string of the molecule is Cc1ccc2ccnc(NCC(=O)NC3CN([C@H]4CC[C@@](O)(c5ccc(C)nc5)CC4)C3)c2c1. The topological polar surface area (TPSA) is 90.4 Å². The Morgan fingerprint density at radius 2 is 1.91 bits per heavy atom. The van der Waals surface area contributed by atoms with Crippen LogP contribution in [0, 0.1) is 13.8 Å². The molecule has 3 aromatic rings. The van der Waals surface area contributed by atoms with Gasteiger partial charge >= 0.3 is 0 Å². The lowest BCUT2D eigenvalue weighted by Crippen LogP contribution is -2.63. The standard InChI is InChI=1S/C27H33N5O2/c1-18-3-5-20-9-12-28-26(24(20)13-18)30-15-25(33)31-22-16-32(17-22)23-7-10-27(34,11-8-23)21-6-4-19(2)29-14-21/h3-6,9,12-14,22-23,34H,7-8,10-11,15-17H2,1-2H3,(H,28,30)(H,31,33)/t23-,27-. The number of rotatable bonds is 6. The maximum atomic E-state index is 12.5. The number of carbonyl (C=O) groups excluding carboxylic acids is 1. The first-order valence-electron chi connectivity index (χ1n) is 12.2. The Morgan fingerprint density at radius 3 is 2.65 bits per heavy atom. The van der Waals surface area contributed by atoms with Crippen molar-refractivity contribution in [2.75, 3.05) is 25.0 Å². The fraction of sp³-hybridized carbons (Fsp3) is 0.444. The highest BCUT2D eigenvalue weighted by atomic mass is 16.3. The fourth-order valence-electron chi connectivity index (χ4n) is 5.24. The van der Waals surface area contributed by atoms with E-state index in [4.69, 9.17) is 0 Å². The van der Waals surface area contributed by atoms with E-state index in [0.717, 1.165) is 66.6 Å². The number of fused-ring (bicyclic) bond motifs is 1. The Labute approximate surface area is 200 Å². The molecule has 2 aromatic heterocycles. The van der Waals surface area contributed by atoms with Crippen molar-refractivity contribution in [3.05, 3.63) is 65.6 Å². The Hall–Kier alpha value is -3.03. The Morgan fingerprint density at radius 1 is 1.12 bits per heavy atom. The third-order valence-corrected chi connectivity index (χ3v) is 7.36. The fourth-order valence-corrected chi connectivity index (χ4v) is 5.24. The summed E-state index contributed by atoms with van der Waals surface area (Å²) in [7, 11) is 0. The van der Waals surface area contributed by atoms with Gasteiger partial charge in [0, 0.05) is 48.2 Å². The molecular weight excluding hydrogens is 426 g/mol. The normalized spacial score (nSPS) is 23.4. The molecule has 0 unspecified atom stereocenters. The summed E-state index contributed by atoms with van der Waals surface area (Å²) < 4.78 is 0. The van der Waals surface area contributed by atoms with Gasteiger partial charge in [-0.05, 0) is 63.1 Å². The van der Waals surface area contributed by atoms with Crippen molar-refractivity contribution in [1.82, 2.24) is 20.2 Å². The molecule has 1 aliphatic heterocycles. The number of aromatic nitrogens is 2. The second kappa shape index (κ2) is 9.31. The molecule has 3 N–H and O–H groups in total. The first-order chi connectivity index (χ1) is 16.4. The van der Waals surface area contributed by atoms with Crippen molar-refractivity contribution in [2.24, 2.45) is 0 Å². The summed E-state index contributed by atoms with van der Waals surface area (Å²) in [5.41, 5.74) is 2.29. The molecule has 1 amide bonds. The molecule has 7 heteroatoms. The summed E-state index contributed by atoms with van der Waals surface area (Å²) in [5.74, 6) is 0.728. The molecule has 0 bridgehead atoms. The van der Waals surface area contributed by atoms with Crippen LogP contribution in [0.25, 0.3) is 10.8 Å². The minimum Gasteiger partial charge on any atom is -0.385 e. The first kappa shape index (κ1) is 22.7. The van der Waals surface area contributed by atoms with E-state index in [0.29, 0.717) is 6.04 Å². The summed E-state index contributed by atoms with van der Waals surface area (Å²) in [4.78, 5) is 23.7. The average molecular weight is 460 g/mol. The van der Waals surface area contributed by atoms with Gasteiger partial charge in [0.2, 0.25) is 5.91 Å². The van der Waals surface area contributed by atoms with E-state index in [2.05, 4.69) is 50.6 Å². The minimum absolute atomic E-state index is 0.0130. The van der Waals surface area contributed by atoms with Crippen LogP contribution >= 0.6 is 0 Å². The van der Waals surface area contributed by atoms with E-state index in [1.54, 1.807) is 6.20 Å². The monoisotopic (exact) mass is 459 g/mol. The van der Waals surface area contributed by atoms with Gasteiger partial charge in [-0.15, -0.1) is 0 Å². The van der Waals surface area contributed by atoms with E-state index < -0.39 is 5.60 Å². The second-order valence-corrected chi connectivity index (χ2v) is 9.91. The lowest BCUT2D eigenvalue weighted by molar-refractivity contribution is -0.121. The van der Waals surface area contributed by atoms with E-state index >= 15 is 0 Å². The number of hydrogen-bond donors (Lipinski definition) is 3. The van der Waals surface area contributed by atoms with Crippen molar-refractivity contribution in [1.29, 1.82) is 0 Å². The number of amides is 1. The molecule has 3 heterocycles. The number of aryl methyl sites for hydroxylation is 2. The molecule has 5 rings (SSSR count). The van der Waals surface area contributed by atoms with E-state index in [1.165, 1.54) is 5.56 Å². The molecule has 0 radical (unpaired) electrons. The van der Waals surface area contributed by atoms with Gasteiger partial charge in [-0.25, -0.2) is 4.98 Å². The number of nitrogens with one attached hydrogen (secondary N) is 2. The third-order valence-electron chi connectivity index (χ3n) is 7.36. The van der Waals surface area contributed by atoms with Gasteiger partial charge in [0.15, 0.2) is 0 Å². The van der Waals surface area contributed by atoms with Crippen LogP contribution in [0.15, 0.2) is 48.8 Å². The Kier molecular flexibility index (Phi) is 6.23. The van der Waals surface area contributed by atoms with Crippen molar-refractivity contribution in [3.63, 3.8) is 0 Å². The summed E-state index contributed by atoms with van der Waals surface area (Å²) in [6.07, 6.45) is 6.99. The molecule has 2 aliphatic rings. The maximum Gasteiger partial charge on any atom is 0.239 e. The molecule has 7 nitrogen and oxygen atoms in total. The first-order valence-corrected chi connectivity index (χ1v) is 12.2. The van der Waals surface area contributed by atoms with Gasteiger partial charge in [-0.3, -0.25) is 14.7 Å². The third kappa shape index (κ3) is 4.76. The number of nitrogens with zero attached hydrogens (tertiary/aromatic N) is 3. The van der Waals surface area contributed by atoms with Crippen LogP contribution in [0.4, 0.5) is 5.82 Å². The van der Waals surface area contributed by atoms with Crippen LogP contribution < -0.4 is 10.6 Å². The molecule has 0 spiro atoms. The van der Waals surface area contributed by atoms with Gasteiger partial charge < -0.3 is 15.7 Å². The zero-order chi connectivity index (χ0) is 23.7. The van der Waals surface area contributed by atoms with Crippen LogP contribution in [0.1, 0.15) is 42.5 Å². The predicted molar refractivity (Wildman–Crippen MR) is 134 cm³/mol. The quantitative estimate of drug-likeness (QED) is 0.524. The maximum absolute atomic E-state index is 12.5. The Balaban J connectivity index is 1.07. The molecule has 0 atom stereocenters. The van der Waals surface area contributed by atoms with Crippen molar-refractivity contribution < 1.29 is 9.90 Å². The number of aliphatic hydroxyl groups is 1. The highest BCUT2D eigenvalue weighted by molar-refractivity contribution is 5.93. The molecule has 1 aliphatic carbocycles. The van der Waals surface area contributed by atoms with Crippen LogP contribution in [-0.2, 0) is 10.4 Å². The zero-order valence-electron chi connectivity index (χ0n) is 19.9. The van der Waals surface area contributed by atoms with Crippen LogP contribution in [0.3, 0.4) is 0 Å². The largest absolute Gasteiger partial charge is 0.385 e. The van der Waals surface area contributed by atoms with Crippen LogP contribution in [0.5, 0.6) is 0 Å². The zero-order valence-corrected chi connectivity index (χ0v) is 19.9. The van der Waals surface area contributed by atoms with E-state index in [9.17, 15) is 9.90 Å². The second-order valence-electron chi connectivity index (χ2n) is 9.91. The van der Waals surface area contributed by atoms with Gasteiger partial charge in [0.25, 0.3) is 0 Å². The summed E-state index contributed by atoms with van der Waals surface area (Å²) in [6.45, 7) is 5.95. The number of benzene rings is 1. The van der Waals surface area contributed by atoms with Gasteiger partial charge in [0.1, 0.15) is 5.82 Å². The number of pyridine rings is 2. The van der Waals surface area contributed by atoms with E-state index in [-0.39, 0.29) is 18.5 Å². The van der Waals surface area contributed by atoms with Gasteiger partial charge in [0.05, 0.1) is 18.2 Å². The van der Waals surface area contributed by atoms with Crippen LogP contribution in [-0.4, -0.2) is 57.6 Å². The van der Waals surface area contributed by atoms with Gasteiger partial charge in [-0.1, -0.05) is 23.8 Å². The average Bonchev–Trinajstić information content (AvgIpc) is 2.81. The smallest absolute Gasteiger partial charge is 0.239 e. The number of carbonyl (C=O) groups is 1. The summed E-state index contributed by atoms with van der Waals surface area (Å²) >= 11 is 0. The number of hydrogen-bond acceptors (Lipinski definition) is 6. The molecule has 1 saturated heterocycles. The lowest BCUT2D eigenvalue weighted by Gasteiger charge is -2.48. The van der Waals surface area contributed by atoms with Crippen LogP contribution in [0.2, 0.25) is 0 Å². The molecule has 1 saturated carbocycles. The molecule has 2 fully saturated rings. The number of anilines is 1. The van der Waals surface area contributed by atoms with Crippen molar-refractivity contribution >= 4 is 22.5 Å². The van der Waals surface area contributed by atoms with Crippen molar-refractivity contribution in [2.45, 2.75) is 57.2 Å². The molecular formula is C27H33N5O2. The lowest BCUT2D eigenvalue weighted by atomic mass is 9.77. The molecule has 34 heavy (non-hydrogen) atoms. The van der Waals surface area contributed by atoms with Crippen molar-refractivity contribution in [3.8, 4) is 0 Å². The predicted octanol–water partition coefficient (Wildman–Crippen LogP) is 3.29. The van der Waals surface area contributed by atoms with Gasteiger partial charge in [-0.2, -0.15) is 0 Å². The summed E-state index contributed by atoms with van der Waals surface area (Å²) in [6, 6.07) is 12.8. The highest BCUT2D eigenvalue weighted by Gasteiger charge is 2.40. The summed E-state index contributed by atoms with van der Waals surface area (Å²) in [5, 5.41) is 19.6. The van der Waals surface area contributed by atoms with E-state index in [1.807, 2.05) is 31.3 Å². The number of likely N-dealkylation sites (tertiary alicyclic amines) is 1. The molecule has 178 valence electrons. The minimum atomic E-state index is -0.768. The highest BCUT2D eigenvalue weighted by Crippen LogP contribution is 2.39. The molecule has 1 aromatic carbocycles.